The Balaban J connectivity index is 1.93. The van der Waals surface area contributed by atoms with E-state index in [2.05, 4.69) is 11.6 Å². The largest absolute Gasteiger partial charge is 0.330 e. The van der Waals surface area contributed by atoms with Crippen LogP contribution < -0.4 is 10.5 Å². The van der Waals surface area contributed by atoms with Crippen molar-refractivity contribution in [3.8, 4) is 0 Å². The summed E-state index contributed by atoms with van der Waals surface area (Å²) in [5, 5.41) is 0. The van der Waals surface area contributed by atoms with Gasteiger partial charge >= 0.3 is 0 Å². The molecule has 1 saturated carbocycles. The molecule has 0 bridgehead atoms. The number of hydrogen-bond acceptors (Lipinski definition) is 3. The van der Waals surface area contributed by atoms with E-state index in [4.69, 9.17) is 5.73 Å². The van der Waals surface area contributed by atoms with Crippen molar-refractivity contribution in [1.29, 1.82) is 0 Å². The standard InChI is InChI=1S/C13H27N3O2S/c1-12-5-4-8-16(9-12)19(17,18)15-11-13(10-14)6-2-3-7-13/h12,15H,2-11,14H2,1H3. The molecule has 19 heavy (non-hydrogen) atoms. The van der Waals surface area contributed by atoms with Crippen LogP contribution in [-0.4, -0.2) is 38.9 Å². The molecule has 1 unspecified atom stereocenters. The predicted octanol–water partition coefficient (Wildman–Crippen LogP) is 1.07. The number of nitrogens with one attached hydrogen (secondary N) is 1. The van der Waals surface area contributed by atoms with E-state index in [0.717, 1.165) is 25.7 Å². The molecule has 1 atom stereocenters. The lowest BCUT2D eigenvalue weighted by molar-refractivity contribution is 0.268. The fourth-order valence-electron chi connectivity index (χ4n) is 3.28. The molecule has 6 heteroatoms. The van der Waals surface area contributed by atoms with Gasteiger partial charge in [-0.3, -0.25) is 0 Å². The van der Waals surface area contributed by atoms with Crippen molar-refractivity contribution < 1.29 is 8.42 Å². The molecule has 1 saturated heterocycles. The molecular weight excluding hydrogens is 262 g/mol. The molecule has 2 fully saturated rings. The van der Waals surface area contributed by atoms with Crippen molar-refractivity contribution in [1.82, 2.24) is 9.03 Å². The summed E-state index contributed by atoms with van der Waals surface area (Å²) in [5.41, 5.74) is 5.84. The predicted molar refractivity (Wildman–Crippen MR) is 76.8 cm³/mol. The van der Waals surface area contributed by atoms with Crippen LogP contribution in [0.5, 0.6) is 0 Å². The van der Waals surface area contributed by atoms with Crippen molar-refractivity contribution in [3.05, 3.63) is 0 Å². The van der Waals surface area contributed by atoms with Gasteiger partial charge in [0.05, 0.1) is 0 Å². The first-order chi connectivity index (χ1) is 8.97. The molecule has 0 radical (unpaired) electrons. The van der Waals surface area contributed by atoms with Gasteiger partial charge in [0.15, 0.2) is 0 Å². The molecule has 0 spiro atoms. The average Bonchev–Trinajstić information content (AvgIpc) is 2.86. The van der Waals surface area contributed by atoms with Gasteiger partial charge in [0.2, 0.25) is 0 Å². The topological polar surface area (TPSA) is 75.4 Å². The maximum Gasteiger partial charge on any atom is 0.279 e. The van der Waals surface area contributed by atoms with Crippen molar-refractivity contribution in [2.75, 3.05) is 26.2 Å². The summed E-state index contributed by atoms with van der Waals surface area (Å²) in [5.74, 6) is 0.459. The van der Waals surface area contributed by atoms with Gasteiger partial charge in [-0.15, -0.1) is 0 Å². The Kier molecular flexibility index (Phi) is 4.87. The summed E-state index contributed by atoms with van der Waals surface area (Å²) in [6.45, 7) is 4.48. The summed E-state index contributed by atoms with van der Waals surface area (Å²) < 4.78 is 29.0. The van der Waals surface area contributed by atoms with Gasteiger partial charge in [-0.2, -0.15) is 12.7 Å². The Morgan fingerprint density at radius 1 is 1.32 bits per heavy atom. The van der Waals surface area contributed by atoms with E-state index < -0.39 is 10.2 Å². The van der Waals surface area contributed by atoms with Crippen LogP contribution in [0.2, 0.25) is 0 Å². The molecule has 0 aromatic rings. The summed E-state index contributed by atoms with van der Waals surface area (Å²) in [7, 11) is -3.32. The lowest BCUT2D eigenvalue weighted by Gasteiger charge is -2.32. The number of hydrogen-bond donors (Lipinski definition) is 2. The SMILES string of the molecule is CC1CCCN(S(=O)(=O)NCC2(CN)CCCC2)C1. The zero-order valence-corrected chi connectivity index (χ0v) is 12.7. The molecule has 5 nitrogen and oxygen atoms in total. The molecule has 0 aromatic carbocycles. The fraction of sp³-hybridized carbons (Fsp3) is 1.00. The molecule has 0 amide bonds. The average molecular weight is 289 g/mol. The smallest absolute Gasteiger partial charge is 0.279 e. The van der Waals surface area contributed by atoms with Gasteiger partial charge < -0.3 is 5.73 Å². The minimum absolute atomic E-state index is 0.00548. The van der Waals surface area contributed by atoms with Crippen LogP contribution >= 0.6 is 0 Å². The van der Waals surface area contributed by atoms with E-state index in [0.29, 0.717) is 32.1 Å². The second-order valence-corrected chi connectivity index (χ2v) is 8.10. The van der Waals surface area contributed by atoms with E-state index >= 15 is 0 Å². The first-order valence-corrected chi connectivity index (χ1v) is 8.86. The first-order valence-electron chi connectivity index (χ1n) is 7.42. The van der Waals surface area contributed by atoms with Crippen LogP contribution in [0.25, 0.3) is 0 Å². The van der Waals surface area contributed by atoms with E-state index in [1.165, 1.54) is 12.8 Å². The number of rotatable bonds is 5. The Hall–Kier alpha value is -0.170. The van der Waals surface area contributed by atoms with Crippen molar-refractivity contribution in [2.24, 2.45) is 17.1 Å². The highest BCUT2D eigenvalue weighted by Crippen LogP contribution is 2.36. The van der Waals surface area contributed by atoms with Crippen LogP contribution in [0, 0.1) is 11.3 Å². The number of piperidine rings is 1. The third-order valence-electron chi connectivity index (χ3n) is 4.69. The monoisotopic (exact) mass is 289 g/mol. The van der Waals surface area contributed by atoms with Crippen molar-refractivity contribution >= 4 is 10.2 Å². The molecule has 1 aliphatic carbocycles. The number of nitrogens with two attached hydrogens (primary N) is 1. The molecule has 0 aromatic heterocycles. The lowest BCUT2D eigenvalue weighted by Crippen LogP contribution is -2.49. The number of nitrogens with zero attached hydrogens (tertiary/aromatic N) is 1. The maximum absolute atomic E-state index is 12.3. The minimum atomic E-state index is -3.32. The van der Waals surface area contributed by atoms with Gasteiger partial charge in [-0.25, -0.2) is 4.72 Å². The molecule has 2 aliphatic rings. The van der Waals surface area contributed by atoms with Crippen LogP contribution in [0.4, 0.5) is 0 Å². The van der Waals surface area contributed by atoms with E-state index in [1.807, 2.05) is 0 Å². The molecule has 3 N–H and O–H groups in total. The van der Waals surface area contributed by atoms with Crippen molar-refractivity contribution in [3.63, 3.8) is 0 Å². The second-order valence-electron chi connectivity index (χ2n) is 6.34. The van der Waals surface area contributed by atoms with Crippen LogP contribution in [0.3, 0.4) is 0 Å². The summed E-state index contributed by atoms with van der Waals surface area (Å²) in [4.78, 5) is 0. The zero-order valence-electron chi connectivity index (χ0n) is 11.9. The van der Waals surface area contributed by atoms with Crippen LogP contribution in [-0.2, 0) is 10.2 Å². The van der Waals surface area contributed by atoms with Crippen LogP contribution in [0.1, 0.15) is 45.4 Å². The van der Waals surface area contributed by atoms with E-state index in [9.17, 15) is 8.42 Å². The Labute approximate surface area is 117 Å². The molecule has 2 rings (SSSR count). The second kappa shape index (κ2) is 6.08. The lowest BCUT2D eigenvalue weighted by atomic mass is 9.87. The summed E-state index contributed by atoms with van der Waals surface area (Å²) >= 11 is 0. The van der Waals surface area contributed by atoms with E-state index in [-0.39, 0.29) is 5.41 Å². The highest BCUT2D eigenvalue weighted by molar-refractivity contribution is 7.87. The molecule has 1 aliphatic heterocycles. The van der Waals surface area contributed by atoms with Crippen molar-refractivity contribution in [2.45, 2.75) is 45.4 Å². The quantitative estimate of drug-likeness (QED) is 0.795. The maximum atomic E-state index is 12.3. The van der Waals surface area contributed by atoms with Gasteiger partial charge in [-0.1, -0.05) is 19.8 Å². The highest BCUT2D eigenvalue weighted by atomic mass is 32.2. The van der Waals surface area contributed by atoms with Gasteiger partial charge in [0.1, 0.15) is 0 Å². The first kappa shape index (κ1) is 15.2. The fourth-order valence-corrected chi connectivity index (χ4v) is 4.77. The van der Waals surface area contributed by atoms with Crippen LogP contribution in [0.15, 0.2) is 0 Å². The Bertz CT molecular complexity index is 391. The molecule has 112 valence electrons. The molecule has 1 heterocycles. The Morgan fingerprint density at radius 2 is 2.00 bits per heavy atom. The van der Waals surface area contributed by atoms with E-state index in [1.54, 1.807) is 4.31 Å². The normalized spacial score (nSPS) is 28.6. The van der Waals surface area contributed by atoms with Gasteiger partial charge in [0, 0.05) is 19.6 Å². The zero-order chi connectivity index (χ0) is 13.9. The van der Waals surface area contributed by atoms with Gasteiger partial charge in [-0.05, 0) is 43.6 Å². The summed E-state index contributed by atoms with van der Waals surface area (Å²) in [6, 6.07) is 0. The summed E-state index contributed by atoms with van der Waals surface area (Å²) in [6.07, 6.45) is 6.51. The van der Waals surface area contributed by atoms with Gasteiger partial charge in [0.25, 0.3) is 10.2 Å². The molecular formula is C13H27N3O2S. The highest BCUT2D eigenvalue weighted by Gasteiger charge is 2.35. The third kappa shape index (κ3) is 3.68. The minimum Gasteiger partial charge on any atom is -0.330 e. The Morgan fingerprint density at radius 3 is 2.58 bits per heavy atom. The third-order valence-corrected chi connectivity index (χ3v) is 6.21.